The topological polar surface area (TPSA) is 17.1 Å². The Balaban J connectivity index is 1.94. The van der Waals surface area contributed by atoms with Gasteiger partial charge in [0.25, 0.3) is 0 Å². The van der Waals surface area contributed by atoms with E-state index >= 15 is 0 Å². The summed E-state index contributed by atoms with van der Waals surface area (Å²) < 4.78 is 13.6. The number of ketones is 1. The zero-order valence-corrected chi connectivity index (χ0v) is 11.8. The maximum absolute atomic E-state index is 13.6. The Kier molecular flexibility index (Phi) is 3.53. The standard InChI is InChI=1S/C19H15FO/c1-13-9-10-16(11-18(13)20)19(21)12-15-7-4-6-14-5-2-3-8-17(14)15/h2-11H,12H2,1H3. The molecule has 0 heterocycles. The summed E-state index contributed by atoms with van der Waals surface area (Å²) in [5.41, 5.74) is 1.95. The first-order valence-corrected chi connectivity index (χ1v) is 6.91. The Morgan fingerprint density at radius 1 is 1.00 bits per heavy atom. The Labute approximate surface area is 123 Å². The number of hydrogen-bond donors (Lipinski definition) is 0. The molecule has 0 amide bonds. The second kappa shape index (κ2) is 5.49. The third kappa shape index (κ3) is 2.70. The van der Waals surface area contributed by atoms with Crippen molar-refractivity contribution in [2.24, 2.45) is 0 Å². The van der Waals surface area contributed by atoms with Crippen LogP contribution in [0, 0.1) is 12.7 Å². The molecule has 0 aliphatic rings. The highest BCUT2D eigenvalue weighted by atomic mass is 19.1. The smallest absolute Gasteiger partial charge is 0.167 e. The van der Waals surface area contributed by atoms with E-state index in [1.807, 2.05) is 42.5 Å². The molecule has 0 radical (unpaired) electrons. The number of carbonyl (C=O) groups is 1. The van der Waals surface area contributed by atoms with Gasteiger partial charge in [-0.05, 0) is 34.9 Å². The molecule has 3 aromatic rings. The van der Waals surface area contributed by atoms with E-state index in [1.165, 1.54) is 6.07 Å². The highest BCUT2D eigenvalue weighted by molar-refractivity contribution is 6.00. The van der Waals surface area contributed by atoms with Gasteiger partial charge in [-0.2, -0.15) is 0 Å². The van der Waals surface area contributed by atoms with Crippen molar-refractivity contribution in [1.82, 2.24) is 0 Å². The monoisotopic (exact) mass is 278 g/mol. The number of rotatable bonds is 3. The lowest BCUT2D eigenvalue weighted by atomic mass is 9.97. The second-order valence-corrected chi connectivity index (χ2v) is 5.20. The largest absolute Gasteiger partial charge is 0.294 e. The maximum atomic E-state index is 13.6. The van der Waals surface area contributed by atoms with Gasteiger partial charge in [0, 0.05) is 12.0 Å². The van der Waals surface area contributed by atoms with Gasteiger partial charge < -0.3 is 0 Å². The SMILES string of the molecule is Cc1ccc(C(=O)Cc2cccc3ccccc23)cc1F. The molecule has 2 heteroatoms. The lowest BCUT2D eigenvalue weighted by molar-refractivity contribution is 0.0993. The van der Waals surface area contributed by atoms with Crippen molar-refractivity contribution >= 4 is 16.6 Å². The molecule has 0 fully saturated rings. The minimum Gasteiger partial charge on any atom is -0.294 e. The zero-order chi connectivity index (χ0) is 14.8. The predicted molar refractivity (Wildman–Crippen MR) is 83.1 cm³/mol. The van der Waals surface area contributed by atoms with Crippen LogP contribution >= 0.6 is 0 Å². The Morgan fingerprint density at radius 3 is 2.57 bits per heavy atom. The number of benzene rings is 3. The summed E-state index contributed by atoms with van der Waals surface area (Å²) in [6.45, 7) is 1.69. The van der Waals surface area contributed by atoms with Crippen molar-refractivity contribution in [1.29, 1.82) is 0 Å². The zero-order valence-electron chi connectivity index (χ0n) is 11.8. The minimum atomic E-state index is -0.334. The van der Waals surface area contributed by atoms with Crippen molar-refractivity contribution in [3.63, 3.8) is 0 Å². The molecule has 3 rings (SSSR count). The summed E-state index contributed by atoms with van der Waals surface area (Å²) in [7, 11) is 0. The summed E-state index contributed by atoms with van der Waals surface area (Å²) in [5.74, 6) is -0.399. The minimum absolute atomic E-state index is 0.0646. The molecule has 0 aromatic heterocycles. The van der Waals surface area contributed by atoms with Crippen LogP contribution in [0.2, 0.25) is 0 Å². The maximum Gasteiger partial charge on any atom is 0.167 e. The quantitative estimate of drug-likeness (QED) is 0.634. The molecule has 0 saturated heterocycles. The molecule has 0 aliphatic heterocycles. The first-order chi connectivity index (χ1) is 10.1. The summed E-state index contributed by atoms with van der Waals surface area (Å²) in [6.07, 6.45) is 0.282. The van der Waals surface area contributed by atoms with Crippen molar-refractivity contribution in [3.05, 3.63) is 83.2 Å². The van der Waals surface area contributed by atoms with E-state index in [0.717, 1.165) is 16.3 Å². The van der Waals surface area contributed by atoms with E-state index in [-0.39, 0.29) is 18.0 Å². The van der Waals surface area contributed by atoms with Crippen LogP contribution in [0.5, 0.6) is 0 Å². The Morgan fingerprint density at radius 2 is 1.76 bits per heavy atom. The normalized spacial score (nSPS) is 10.8. The van der Waals surface area contributed by atoms with Gasteiger partial charge in [0.05, 0.1) is 0 Å². The van der Waals surface area contributed by atoms with Gasteiger partial charge in [0.2, 0.25) is 0 Å². The Hall–Kier alpha value is -2.48. The molecular formula is C19H15FO. The molecular weight excluding hydrogens is 263 g/mol. The van der Waals surface area contributed by atoms with E-state index in [2.05, 4.69) is 0 Å². The predicted octanol–water partition coefficient (Wildman–Crippen LogP) is 4.71. The molecule has 0 bridgehead atoms. The van der Waals surface area contributed by atoms with Crippen molar-refractivity contribution in [2.75, 3.05) is 0 Å². The number of halogens is 1. The van der Waals surface area contributed by atoms with E-state index in [4.69, 9.17) is 0 Å². The van der Waals surface area contributed by atoms with Gasteiger partial charge in [-0.3, -0.25) is 4.79 Å². The molecule has 0 unspecified atom stereocenters. The van der Waals surface area contributed by atoms with E-state index in [9.17, 15) is 9.18 Å². The number of Topliss-reactive ketones (excluding diaryl/α,β-unsaturated/α-hetero) is 1. The first-order valence-electron chi connectivity index (χ1n) is 6.91. The molecule has 104 valence electrons. The number of hydrogen-bond acceptors (Lipinski definition) is 1. The molecule has 1 nitrogen and oxygen atoms in total. The summed E-state index contributed by atoms with van der Waals surface area (Å²) >= 11 is 0. The van der Waals surface area contributed by atoms with Crippen LogP contribution in [-0.4, -0.2) is 5.78 Å². The molecule has 0 spiro atoms. The summed E-state index contributed by atoms with van der Waals surface area (Å²) in [5, 5.41) is 2.18. The van der Waals surface area contributed by atoms with Crippen LogP contribution < -0.4 is 0 Å². The van der Waals surface area contributed by atoms with Crippen molar-refractivity contribution < 1.29 is 9.18 Å². The summed E-state index contributed by atoms with van der Waals surface area (Å²) in [6, 6.07) is 18.5. The van der Waals surface area contributed by atoms with Gasteiger partial charge in [-0.25, -0.2) is 4.39 Å². The molecule has 0 aliphatic carbocycles. The number of carbonyl (C=O) groups excluding carboxylic acids is 1. The molecule has 0 atom stereocenters. The fourth-order valence-electron chi connectivity index (χ4n) is 2.49. The van der Waals surface area contributed by atoms with Gasteiger partial charge in [-0.15, -0.1) is 0 Å². The average Bonchev–Trinajstić information content (AvgIpc) is 2.50. The van der Waals surface area contributed by atoms with Gasteiger partial charge in [-0.1, -0.05) is 54.6 Å². The molecule has 21 heavy (non-hydrogen) atoms. The molecule has 0 N–H and O–H groups in total. The second-order valence-electron chi connectivity index (χ2n) is 5.20. The van der Waals surface area contributed by atoms with Crippen LogP contribution in [0.1, 0.15) is 21.5 Å². The highest BCUT2D eigenvalue weighted by Crippen LogP contribution is 2.20. The van der Waals surface area contributed by atoms with Crippen LogP contribution in [0.15, 0.2) is 60.7 Å². The van der Waals surface area contributed by atoms with Crippen LogP contribution in [0.4, 0.5) is 4.39 Å². The first kappa shape index (κ1) is 13.5. The highest BCUT2D eigenvalue weighted by Gasteiger charge is 2.11. The average molecular weight is 278 g/mol. The van der Waals surface area contributed by atoms with Crippen LogP contribution in [-0.2, 0) is 6.42 Å². The van der Waals surface area contributed by atoms with Crippen molar-refractivity contribution in [2.45, 2.75) is 13.3 Å². The fraction of sp³-hybridized carbons (Fsp3) is 0.105. The van der Waals surface area contributed by atoms with Gasteiger partial charge in [0.1, 0.15) is 5.82 Å². The van der Waals surface area contributed by atoms with Gasteiger partial charge in [0.15, 0.2) is 5.78 Å². The molecule has 3 aromatic carbocycles. The lowest BCUT2D eigenvalue weighted by Gasteiger charge is -2.07. The third-order valence-corrected chi connectivity index (χ3v) is 3.72. The Bertz CT molecular complexity index is 815. The van der Waals surface area contributed by atoms with E-state index in [0.29, 0.717) is 11.1 Å². The van der Waals surface area contributed by atoms with Gasteiger partial charge >= 0.3 is 0 Å². The number of aryl methyl sites for hydroxylation is 1. The number of fused-ring (bicyclic) bond motifs is 1. The summed E-state index contributed by atoms with van der Waals surface area (Å²) in [4.78, 5) is 12.4. The van der Waals surface area contributed by atoms with Crippen LogP contribution in [0.25, 0.3) is 10.8 Å². The van der Waals surface area contributed by atoms with Crippen molar-refractivity contribution in [3.8, 4) is 0 Å². The fourth-order valence-corrected chi connectivity index (χ4v) is 2.49. The molecule has 0 saturated carbocycles. The third-order valence-electron chi connectivity index (χ3n) is 3.72. The van der Waals surface area contributed by atoms with Crippen LogP contribution in [0.3, 0.4) is 0 Å². The lowest BCUT2D eigenvalue weighted by Crippen LogP contribution is -2.05. The van der Waals surface area contributed by atoms with E-state index in [1.54, 1.807) is 19.1 Å². The van der Waals surface area contributed by atoms with E-state index < -0.39 is 0 Å².